The van der Waals surface area contributed by atoms with Crippen LogP contribution in [-0.4, -0.2) is 24.9 Å². The number of hydrogen-bond donors (Lipinski definition) is 0. The minimum Gasteiger partial charge on any atom is -0.254 e. The Kier molecular flexibility index (Phi) is 4.83. The Morgan fingerprint density at radius 1 is 0.381 bits per heavy atom. The molecule has 0 aliphatic carbocycles. The second-order valence-corrected chi connectivity index (χ2v) is 10.5. The number of benzene rings is 4. The highest BCUT2D eigenvalue weighted by atomic mass is 14.8. The van der Waals surface area contributed by atoms with E-state index in [0.29, 0.717) is 0 Å². The van der Waals surface area contributed by atoms with Crippen LogP contribution in [0.4, 0.5) is 0 Å². The van der Waals surface area contributed by atoms with Gasteiger partial charge in [0.1, 0.15) is 5.69 Å². The molecule has 5 nitrogen and oxygen atoms in total. The zero-order chi connectivity index (χ0) is 27.6. The highest BCUT2D eigenvalue weighted by Crippen LogP contribution is 2.35. The van der Waals surface area contributed by atoms with Gasteiger partial charge in [0.2, 0.25) is 0 Å². The summed E-state index contributed by atoms with van der Waals surface area (Å²) in [5.74, 6) is 0. The number of hydrogen-bond acceptors (Lipinski definition) is 5. The number of pyridine rings is 5. The Balaban J connectivity index is 1.36. The molecule has 0 fully saturated rings. The minimum absolute atomic E-state index is 0.747. The Labute approximate surface area is 240 Å². The van der Waals surface area contributed by atoms with Gasteiger partial charge in [-0.2, -0.15) is 0 Å². The number of rotatable bonds is 2. The zero-order valence-corrected chi connectivity index (χ0v) is 22.4. The van der Waals surface area contributed by atoms with E-state index in [2.05, 4.69) is 83.8 Å². The normalized spacial score (nSPS) is 11.8. The molecule has 0 unspecified atom stereocenters. The smallest absolute Gasteiger partial charge is 0.116 e. The fourth-order valence-electron chi connectivity index (χ4n) is 5.98. The summed E-state index contributed by atoms with van der Waals surface area (Å²) in [6.07, 6.45) is 1.82. The molecule has 42 heavy (non-hydrogen) atoms. The lowest BCUT2D eigenvalue weighted by Gasteiger charge is -2.12. The summed E-state index contributed by atoms with van der Waals surface area (Å²) in [7, 11) is 0. The van der Waals surface area contributed by atoms with Crippen molar-refractivity contribution in [2.75, 3.05) is 0 Å². The van der Waals surface area contributed by atoms with Crippen LogP contribution in [0.5, 0.6) is 0 Å². The first-order chi connectivity index (χ1) is 20.8. The van der Waals surface area contributed by atoms with Gasteiger partial charge in [-0.3, -0.25) is 4.98 Å². The standard InChI is InChI=1S/C37H21N5/c1-2-7-22(8-3-1)29-18-16-24-12-13-25-17-19-31(41-34(25)33(24)39-29)37-36-28(27-10-4-5-11-30(27)40-37)21-26-15-14-23-9-6-20-38-32(23)35(26)42-36/h1-21H. The number of aromatic nitrogens is 5. The molecule has 0 aliphatic rings. The van der Waals surface area contributed by atoms with Crippen LogP contribution in [0.3, 0.4) is 0 Å². The molecule has 0 aliphatic heterocycles. The van der Waals surface area contributed by atoms with Crippen LogP contribution in [-0.2, 0) is 0 Å². The van der Waals surface area contributed by atoms with Crippen LogP contribution < -0.4 is 0 Å². The second kappa shape index (κ2) is 8.85. The summed E-state index contributed by atoms with van der Waals surface area (Å²) in [4.78, 5) is 25.4. The highest BCUT2D eigenvalue weighted by Gasteiger charge is 2.17. The van der Waals surface area contributed by atoms with Gasteiger partial charge in [-0.15, -0.1) is 0 Å². The first-order valence-electron chi connectivity index (χ1n) is 13.9. The van der Waals surface area contributed by atoms with Crippen molar-refractivity contribution in [3.05, 3.63) is 128 Å². The van der Waals surface area contributed by atoms with Crippen molar-refractivity contribution in [2.24, 2.45) is 0 Å². The third-order valence-corrected chi connectivity index (χ3v) is 8.04. The van der Waals surface area contributed by atoms with Crippen LogP contribution in [0.1, 0.15) is 0 Å². The average Bonchev–Trinajstić information content (AvgIpc) is 3.07. The lowest BCUT2D eigenvalue weighted by atomic mass is 10.0. The molecular weight excluding hydrogens is 514 g/mol. The van der Waals surface area contributed by atoms with Gasteiger partial charge in [0.15, 0.2) is 0 Å². The van der Waals surface area contributed by atoms with E-state index < -0.39 is 0 Å². The topological polar surface area (TPSA) is 64.5 Å². The molecule has 0 spiro atoms. The highest BCUT2D eigenvalue weighted by molar-refractivity contribution is 6.15. The molecule has 5 aromatic heterocycles. The van der Waals surface area contributed by atoms with Gasteiger partial charge in [-0.05, 0) is 30.3 Å². The van der Waals surface area contributed by atoms with Crippen molar-refractivity contribution in [1.82, 2.24) is 24.9 Å². The van der Waals surface area contributed by atoms with E-state index in [9.17, 15) is 0 Å². The van der Waals surface area contributed by atoms with Crippen molar-refractivity contribution in [2.45, 2.75) is 0 Å². The number of nitrogens with zero attached hydrogens (tertiary/aromatic N) is 5. The Morgan fingerprint density at radius 2 is 1.02 bits per heavy atom. The molecule has 194 valence electrons. The molecule has 4 aromatic carbocycles. The fraction of sp³-hybridized carbons (Fsp3) is 0. The molecule has 0 bridgehead atoms. The van der Waals surface area contributed by atoms with E-state index in [1.807, 2.05) is 48.7 Å². The lowest BCUT2D eigenvalue weighted by molar-refractivity contribution is 1.31. The van der Waals surface area contributed by atoms with Crippen LogP contribution in [0.15, 0.2) is 128 Å². The van der Waals surface area contributed by atoms with Gasteiger partial charge >= 0.3 is 0 Å². The summed E-state index contributed by atoms with van der Waals surface area (Å²) in [6, 6.07) is 41.5. The van der Waals surface area contributed by atoms with Gasteiger partial charge in [-0.25, -0.2) is 19.9 Å². The predicted molar refractivity (Wildman–Crippen MR) is 171 cm³/mol. The summed E-state index contributed by atoms with van der Waals surface area (Å²) < 4.78 is 0. The Bertz CT molecular complexity index is 2520. The fourth-order valence-corrected chi connectivity index (χ4v) is 5.98. The first-order valence-corrected chi connectivity index (χ1v) is 13.9. The third-order valence-electron chi connectivity index (χ3n) is 8.04. The number of para-hydroxylation sites is 1. The van der Waals surface area contributed by atoms with Crippen LogP contribution in [0, 0.1) is 0 Å². The maximum absolute atomic E-state index is 5.25. The van der Waals surface area contributed by atoms with Crippen LogP contribution >= 0.6 is 0 Å². The van der Waals surface area contributed by atoms with E-state index in [4.69, 9.17) is 19.9 Å². The van der Waals surface area contributed by atoms with Crippen molar-refractivity contribution >= 4 is 65.4 Å². The van der Waals surface area contributed by atoms with Crippen molar-refractivity contribution in [1.29, 1.82) is 0 Å². The van der Waals surface area contributed by atoms with Crippen molar-refractivity contribution in [3.8, 4) is 22.6 Å². The van der Waals surface area contributed by atoms with Crippen molar-refractivity contribution in [3.63, 3.8) is 0 Å². The molecule has 0 saturated carbocycles. The van der Waals surface area contributed by atoms with Gasteiger partial charge in [0.25, 0.3) is 0 Å². The molecule has 9 aromatic rings. The molecule has 5 heterocycles. The van der Waals surface area contributed by atoms with E-state index in [-0.39, 0.29) is 0 Å². The van der Waals surface area contributed by atoms with E-state index >= 15 is 0 Å². The molecule has 0 radical (unpaired) electrons. The molecular formula is C37H21N5. The molecule has 0 amide bonds. The lowest BCUT2D eigenvalue weighted by Crippen LogP contribution is -1.96. The summed E-state index contributed by atoms with van der Waals surface area (Å²) >= 11 is 0. The first kappa shape index (κ1) is 22.9. The predicted octanol–water partition coefficient (Wildman–Crippen LogP) is 8.91. The maximum Gasteiger partial charge on any atom is 0.116 e. The van der Waals surface area contributed by atoms with E-state index in [1.165, 1.54) is 0 Å². The largest absolute Gasteiger partial charge is 0.254 e. The molecule has 5 heteroatoms. The summed E-state index contributed by atoms with van der Waals surface area (Å²) in [5, 5.41) is 6.29. The maximum atomic E-state index is 5.25. The summed E-state index contributed by atoms with van der Waals surface area (Å²) in [6.45, 7) is 0. The minimum atomic E-state index is 0.747. The van der Waals surface area contributed by atoms with Gasteiger partial charge in [-0.1, -0.05) is 91.0 Å². The van der Waals surface area contributed by atoms with Gasteiger partial charge in [0.05, 0.1) is 44.5 Å². The molecule has 0 N–H and O–H groups in total. The third kappa shape index (κ3) is 3.47. The molecule has 9 rings (SSSR count). The van der Waals surface area contributed by atoms with Gasteiger partial charge < -0.3 is 0 Å². The second-order valence-electron chi connectivity index (χ2n) is 10.5. The van der Waals surface area contributed by atoms with Gasteiger partial charge in [0, 0.05) is 44.1 Å². The molecule has 0 atom stereocenters. The zero-order valence-electron chi connectivity index (χ0n) is 22.4. The average molecular weight is 536 g/mol. The van der Waals surface area contributed by atoms with E-state index in [1.54, 1.807) is 0 Å². The molecule has 0 saturated heterocycles. The monoisotopic (exact) mass is 535 g/mol. The van der Waals surface area contributed by atoms with E-state index in [0.717, 1.165) is 88.1 Å². The van der Waals surface area contributed by atoms with Crippen LogP contribution in [0.25, 0.3) is 88.1 Å². The quantitative estimate of drug-likeness (QED) is 0.163. The number of fused-ring (bicyclic) bond motifs is 9. The SMILES string of the molecule is c1ccc(-c2ccc3ccc4ccc(-c5nc6ccccc6c6cc7ccc8cccnc8c7nc56)nc4c3n2)cc1. The Hall–Kier alpha value is -5.81. The van der Waals surface area contributed by atoms with Crippen molar-refractivity contribution < 1.29 is 0 Å². The van der Waals surface area contributed by atoms with Crippen LogP contribution in [0.2, 0.25) is 0 Å². The summed E-state index contributed by atoms with van der Waals surface area (Å²) in [5.41, 5.74) is 8.68. The Morgan fingerprint density at radius 3 is 1.86 bits per heavy atom.